The molecule has 0 saturated heterocycles. The van der Waals surface area contributed by atoms with Gasteiger partial charge in [-0.3, -0.25) is 0 Å². The van der Waals surface area contributed by atoms with Crippen molar-refractivity contribution < 1.29 is 19.0 Å². The Bertz CT molecular complexity index is 683. The van der Waals surface area contributed by atoms with E-state index in [0.717, 1.165) is 11.6 Å². The number of carbonyl (C=O) groups excluding carboxylic acids is 1. The highest BCUT2D eigenvalue weighted by molar-refractivity contribution is 6.76. The quantitative estimate of drug-likeness (QED) is 0.283. The first-order chi connectivity index (χ1) is 12.8. The molecule has 158 valence electrons. The predicted octanol–water partition coefficient (Wildman–Crippen LogP) is 4.07. The molecule has 9 heteroatoms. The fourth-order valence-electron chi connectivity index (χ4n) is 1.94. The summed E-state index contributed by atoms with van der Waals surface area (Å²) in [5.41, 5.74) is 6.46. The monoisotopic (exact) mass is 410 g/mol. The largest absolute Gasteiger partial charge is 0.472 e. The Morgan fingerprint density at radius 3 is 2.46 bits per heavy atom. The number of amides is 1. The third-order valence-electron chi connectivity index (χ3n) is 3.37. The lowest BCUT2D eigenvalue weighted by atomic mass is 10.2. The summed E-state index contributed by atoms with van der Waals surface area (Å²) in [4.78, 5) is 22.2. The second kappa shape index (κ2) is 9.88. The smallest absolute Gasteiger partial charge is 0.418 e. The van der Waals surface area contributed by atoms with Gasteiger partial charge < -0.3 is 19.9 Å². The fourth-order valence-corrected chi connectivity index (χ4v) is 2.70. The standard InChI is InChI=1S/C19H34N4O4Si/c1-14(2)11-26-17-15(20)16(21-12-22-17)23(18(24)27-19(3,4)5)13-25-9-10-28(6,7)8/h12H,1,9-11,13,20H2,2-8H3. The Kier molecular flexibility index (Phi) is 8.43. The first kappa shape index (κ1) is 23.9. The van der Waals surface area contributed by atoms with Crippen molar-refractivity contribution in [2.75, 3.05) is 30.6 Å². The van der Waals surface area contributed by atoms with Crippen molar-refractivity contribution in [2.24, 2.45) is 0 Å². The summed E-state index contributed by atoms with van der Waals surface area (Å²) in [6.45, 7) is 18.5. The zero-order valence-corrected chi connectivity index (χ0v) is 19.2. The summed E-state index contributed by atoms with van der Waals surface area (Å²) in [5, 5.41) is 0. The number of ether oxygens (including phenoxy) is 3. The molecule has 0 saturated carbocycles. The van der Waals surface area contributed by atoms with Crippen LogP contribution >= 0.6 is 0 Å². The molecule has 0 aliphatic heterocycles. The highest BCUT2D eigenvalue weighted by Gasteiger charge is 2.27. The number of rotatable bonds is 9. The van der Waals surface area contributed by atoms with Crippen LogP contribution in [0, 0.1) is 0 Å². The van der Waals surface area contributed by atoms with E-state index in [4.69, 9.17) is 19.9 Å². The van der Waals surface area contributed by atoms with E-state index in [1.165, 1.54) is 11.2 Å². The number of hydrogen-bond donors (Lipinski definition) is 1. The number of anilines is 2. The third kappa shape index (κ3) is 8.70. The molecule has 0 aliphatic carbocycles. The molecule has 0 aromatic carbocycles. The molecule has 0 spiro atoms. The van der Waals surface area contributed by atoms with Gasteiger partial charge >= 0.3 is 6.09 Å². The maximum Gasteiger partial charge on any atom is 0.418 e. The lowest BCUT2D eigenvalue weighted by Gasteiger charge is -2.27. The number of aromatic nitrogens is 2. The summed E-state index contributed by atoms with van der Waals surface area (Å²) in [7, 11) is -1.25. The van der Waals surface area contributed by atoms with Crippen LogP contribution in [0.3, 0.4) is 0 Å². The van der Waals surface area contributed by atoms with E-state index < -0.39 is 19.8 Å². The van der Waals surface area contributed by atoms with Gasteiger partial charge in [-0.2, -0.15) is 4.98 Å². The van der Waals surface area contributed by atoms with Crippen LogP contribution in [0.15, 0.2) is 18.5 Å². The maximum atomic E-state index is 12.7. The van der Waals surface area contributed by atoms with Crippen LogP contribution in [0.1, 0.15) is 27.7 Å². The van der Waals surface area contributed by atoms with Gasteiger partial charge in [-0.1, -0.05) is 26.2 Å². The van der Waals surface area contributed by atoms with E-state index in [9.17, 15) is 4.79 Å². The molecule has 1 amide bonds. The highest BCUT2D eigenvalue weighted by Crippen LogP contribution is 2.29. The summed E-state index contributed by atoms with van der Waals surface area (Å²) >= 11 is 0. The number of nitrogens with two attached hydrogens (primary N) is 1. The molecule has 0 unspecified atom stereocenters. The van der Waals surface area contributed by atoms with Crippen LogP contribution in [-0.2, 0) is 9.47 Å². The summed E-state index contributed by atoms with van der Waals surface area (Å²) in [6, 6.07) is 0.974. The van der Waals surface area contributed by atoms with Crippen LogP contribution in [-0.4, -0.2) is 49.7 Å². The van der Waals surface area contributed by atoms with Crippen LogP contribution in [0.2, 0.25) is 25.7 Å². The lowest BCUT2D eigenvalue weighted by molar-refractivity contribution is 0.0498. The normalized spacial score (nSPS) is 11.8. The van der Waals surface area contributed by atoms with Crippen LogP contribution < -0.4 is 15.4 Å². The lowest BCUT2D eigenvalue weighted by Crippen LogP contribution is -2.39. The van der Waals surface area contributed by atoms with E-state index in [0.29, 0.717) is 6.61 Å². The molecule has 0 atom stereocenters. The van der Waals surface area contributed by atoms with E-state index in [1.54, 1.807) is 20.8 Å². The molecule has 2 N–H and O–H groups in total. The predicted molar refractivity (Wildman–Crippen MR) is 114 cm³/mol. The van der Waals surface area contributed by atoms with Gasteiger partial charge in [0.2, 0.25) is 5.88 Å². The molecule has 1 aromatic heterocycles. The third-order valence-corrected chi connectivity index (χ3v) is 5.07. The zero-order chi connectivity index (χ0) is 21.5. The SMILES string of the molecule is C=C(C)COc1ncnc(N(COCC[Si](C)(C)C)C(=O)OC(C)(C)C)c1N. The molecular weight excluding hydrogens is 376 g/mol. The van der Waals surface area contributed by atoms with Gasteiger partial charge in [0.1, 0.15) is 31.0 Å². The van der Waals surface area contributed by atoms with Gasteiger partial charge in [0.15, 0.2) is 5.82 Å². The fraction of sp³-hybridized carbons (Fsp3) is 0.632. The highest BCUT2D eigenvalue weighted by atomic mass is 28.3. The van der Waals surface area contributed by atoms with Crippen molar-refractivity contribution in [3.8, 4) is 5.88 Å². The summed E-state index contributed by atoms with van der Waals surface area (Å²) < 4.78 is 16.8. The van der Waals surface area contributed by atoms with Gasteiger partial charge in [-0.15, -0.1) is 0 Å². The first-order valence-electron chi connectivity index (χ1n) is 9.26. The molecule has 8 nitrogen and oxygen atoms in total. The summed E-state index contributed by atoms with van der Waals surface area (Å²) in [5.74, 6) is 0.373. The molecule has 0 fully saturated rings. The Morgan fingerprint density at radius 1 is 1.29 bits per heavy atom. The molecule has 0 aliphatic rings. The molecule has 28 heavy (non-hydrogen) atoms. The van der Waals surface area contributed by atoms with Gasteiger partial charge in [-0.05, 0) is 39.3 Å². The van der Waals surface area contributed by atoms with Crippen molar-refractivity contribution >= 4 is 25.7 Å². The van der Waals surface area contributed by atoms with Crippen molar-refractivity contribution in [1.82, 2.24) is 9.97 Å². The van der Waals surface area contributed by atoms with Crippen molar-refractivity contribution in [1.29, 1.82) is 0 Å². The first-order valence-corrected chi connectivity index (χ1v) is 13.0. The summed E-state index contributed by atoms with van der Waals surface area (Å²) in [6.07, 6.45) is 0.690. The minimum atomic E-state index is -1.25. The number of nitrogens with zero attached hydrogens (tertiary/aromatic N) is 3. The topological polar surface area (TPSA) is 99.8 Å². The molecule has 1 heterocycles. The molecule has 0 radical (unpaired) electrons. The van der Waals surface area contributed by atoms with E-state index >= 15 is 0 Å². The van der Waals surface area contributed by atoms with Crippen molar-refractivity contribution in [2.45, 2.75) is 59.0 Å². The molecule has 1 rings (SSSR count). The molecular formula is C19H34N4O4Si. The van der Waals surface area contributed by atoms with Gasteiger partial charge in [0.25, 0.3) is 0 Å². The van der Waals surface area contributed by atoms with E-state index in [-0.39, 0.29) is 30.7 Å². The second-order valence-electron chi connectivity index (χ2n) is 8.92. The van der Waals surface area contributed by atoms with Crippen molar-refractivity contribution in [3.05, 3.63) is 18.5 Å². The Labute approximate surface area is 169 Å². The number of carbonyl (C=O) groups is 1. The van der Waals surface area contributed by atoms with E-state index in [2.05, 4.69) is 36.2 Å². The Morgan fingerprint density at radius 2 is 1.93 bits per heavy atom. The minimum absolute atomic E-state index is 0.0272. The van der Waals surface area contributed by atoms with Gasteiger partial charge in [0, 0.05) is 14.7 Å². The Balaban J connectivity index is 3.04. The number of hydrogen-bond acceptors (Lipinski definition) is 7. The number of nitrogen functional groups attached to an aromatic ring is 1. The average molecular weight is 411 g/mol. The van der Waals surface area contributed by atoms with Gasteiger partial charge in [-0.25, -0.2) is 14.7 Å². The second-order valence-corrected chi connectivity index (χ2v) is 14.5. The van der Waals surface area contributed by atoms with Gasteiger partial charge in [0.05, 0.1) is 0 Å². The maximum absolute atomic E-state index is 12.7. The molecule has 1 aromatic rings. The van der Waals surface area contributed by atoms with Crippen LogP contribution in [0.4, 0.5) is 16.3 Å². The van der Waals surface area contributed by atoms with Crippen LogP contribution in [0.25, 0.3) is 0 Å². The average Bonchev–Trinajstić information content (AvgIpc) is 2.51. The molecule has 0 bridgehead atoms. The Hall–Kier alpha value is -2.13. The zero-order valence-electron chi connectivity index (χ0n) is 18.2. The minimum Gasteiger partial charge on any atom is -0.472 e. The van der Waals surface area contributed by atoms with Crippen LogP contribution in [0.5, 0.6) is 5.88 Å². The van der Waals surface area contributed by atoms with Crippen molar-refractivity contribution in [3.63, 3.8) is 0 Å². The van der Waals surface area contributed by atoms with E-state index in [1.807, 2.05) is 6.92 Å².